The normalized spacial score (nSPS) is 12.7. The Balaban J connectivity index is 2.57. The van der Waals surface area contributed by atoms with Crippen molar-refractivity contribution in [3.8, 4) is 0 Å². The van der Waals surface area contributed by atoms with E-state index in [-0.39, 0.29) is 0 Å². The number of alkyl carbamates (subject to hydrolysis) is 1. The lowest BCUT2D eigenvalue weighted by molar-refractivity contribution is -0.119. The standard InChI is InChI=1S/C12H19N3O4S/c1-7-6-20-10(13-7)15-9(17)8(5-16)14-11(18)19-12(2,3)4/h6,8,16H,5H2,1-4H3,(H,14,18)(H,13,15,17). The van der Waals surface area contributed by atoms with Gasteiger partial charge in [-0.2, -0.15) is 0 Å². The predicted molar refractivity (Wildman–Crippen MR) is 75.7 cm³/mol. The van der Waals surface area contributed by atoms with Gasteiger partial charge in [-0.1, -0.05) is 0 Å². The molecule has 112 valence electrons. The summed E-state index contributed by atoms with van der Waals surface area (Å²) in [6.45, 7) is 6.39. The zero-order valence-electron chi connectivity index (χ0n) is 11.9. The van der Waals surface area contributed by atoms with E-state index in [1.54, 1.807) is 33.1 Å². The third-order valence-corrected chi connectivity index (χ3v) is 2.91. The third-order valence-electron chi connectivity index (χ3n) is 2.04. The van der Waals surface area contributed by atoms with Crippen molar-refractivity contribution >= 4 is 28.5 Å². The molecule has 0 spiro atoms. The molecule has 7 nitrogen and oxygen atoms in total. The number of carbonyl (C=O) groups excluding carboxylic acids is 2. The molecule has 2 amide bonds. The molecular weight excluding hydrogens is 282 g/mol. The zero-order valence-corrected chi connectivity index (χ0v) is 12.7. The van der Waals surface area contributed by atoms with Crippen LogP contribution in [0, 0.1) is 6.92 Å². The molecular formula is C12H19N3O4S. The maximum atomic E-state index is 11.9. The summed E-state index contributed by atoms with van der Waals surface area (Å²) in [6, 6.07) is -1.09. The highest BCUT2D eigenvalue weighted by atomic mass is 32.1. The number of carbonyl (C=O) groups is 2. The summed E-state index contributed by atoms with van der Waals surface area (Å²) in [5.74, 6) is -0.548. The van der Waals surface area contributed by atoms with Crippen LogP contribution in [-0.2, 0) is 9.53 Å². The van der Waals surface area contributed by atoms with Crippen molar-refractivity contribution in [1.29, 1.82) is 0 Å². The molecule has 0 saturated heterocycles. The molecule has 1 unspecified atom stereocenters. The Kier molecular flexibility index (Phi) is 5.46. The predicted octanol–water partition coefficient (Wildman–Crippen LogP) is 1.28. The summed E-state index contributed by atoms with van der Waals surface area (Å²) >= 11 is 1.27. The number of rotatable bonds is 4. The van der Waals surface area contributed by atoms with E-state index in [0.29, 0.717) is 5.13 Å². The highest BCUT2D eigenvalue weighted by Gasteiger charge is 2.24. The van der Waals surface area contributed by atoms with Crippen LogP contribution in [0.4, 0.5) is 9.93 Å². The smallest absolute Gasteiger partial charge is 0.408 e. The minimum Gasteiger partial charge on any atom is -0.444 e. The molecule has 1 aromatic heterocycles. The molecule has 0 aliphatic heterocycles. The topological polar surface area (TPSA) is 101 Å². The minimum absolute atomic E-state index is 0.414. The van der Waals surface area contributed by atoms with Crippen LogP contribution in [0.15, 0.2) is 5.38 Å². The Labute approximate surface area is 121 Å². The number of nitrogens with zero attached hydrogens (tertiary/aromatic N) is 1. The van der Waals surface area contributed by atoms with Crippen LogP contribution in [-0.4, -0.2) is 40.3 Å². The van der Waals surface area contributed by atoms with Gasteiger partial charge in [0, 0.05) is 5.38 Å². The SMILES string of the molecule is Cc1csc(NC(=O)C(CO)NC(=O)OC(C)(C)C)n1. The molecule has 1 rings (SSSR count). The van der Waals surface area contributed by atoms with Gasteiger partial charge in [0.15, 0.2) is 5.13 Å². The molecule has 1 aromatic rings. The first kappa shape index (κ1) is 16.4. The van der Waals surface area contributed by atoms with Crippen LogP contribution in [0.1, 0.15) is 26.5 Å². The van der Waals surface area contributed by atoms with Gasteiger partial charge in [-0.3, -0.25) is 4.79 Å². The van der Waals surface area contributed by atoms with Crippen molar-refractivity contribution in [2.45, 2.75) is 39.3 Å². The van der Waals surface area contributed by atoms with Crippen molar-refractivity contribution in [2.24, 2.45) is 0 Å². The van der Waals surface area contributed by atoms with E-state index in [0.717, 1.165) is 5.69 Å². The molecule has 0 radical (unpaired) electrons. The second-order valence-electron chi connectivity index (χ2n) is 5.16. The van der Waals surface area contributed by atoms with Gasteiger partial charge in [0.25, 0.3) is 5.91 Å². The summed E-state index contributed by atoms with van der Waals surface area (Å²) in [5.41, 5.74) is 0.110. The van der Waals surface area contributed by atoms with E-state index >= 15 is 0 Å². The third kappa shape index (κ3) is 5.54. The number of hydrogen-bond donors (Lipinski definition) is 3. The van der Waals surface area contributed by atoms with Crippen LogP contribution in [0.25, 0.3) is 0 Å². The van der Waals surface area contributed by atoms with E-state index in [1.807, 2.05) is 0 Å². The van der Waals surface area contributed by atoms with Crippen LogP contribution < -0.4 is 10.6 Å². The quantitative estimate of drug-likeness (QED) is 0.777. The lowest BCUT2D eigenvalue weighted by Crippen LogP contribution is -2.47. The highest BCUT2D eigenvalue weighted by molar-refractivity contribution is 7.13. The summed E-state index contributed by atoms with van der Waals surface area (Å²) in [4.78, 5) is 27.5. The van der Waals surface area contributed by atoms with Gasteiger partial charge in [0.2, 0.25) is 0 Å². The largest absolute Gasteiger partial charge is 0.444 e. The molecule has 0 aromatic carbocycles. The van der Waals surface area contributed by atoms with Crippen molar-refractivity contribution in [3.63, 3.8) is 0 Å². The van der Waals surface area contributed by atoms with Crippen LogP contribution >= 0.6 is 11.3 Å². The average Bonchev–Trinajstić information content (AvgIpc) is 2.69. The van der Waals surface area contributed by atoms with E-state index in [1.165, 1.54) is 11.3 Å². The number of hydrogen-bond acceptors (Lipinski definition) is 6. The summed E-state index contributed by atoms with van der Waals surface area (Å²) < 4.78 is 5.02. The van der Waals surface area contributed by atoms with Crippen molar-refractivity contribution in [1.82, 2.24) is 10.3 Å². The van der Waals surface area contributed by atoms with Crippen molar-refractivity contribution < 1.29 is 19.4 Å². The second kappa shape index (κ2) is 6.67. The molecule has 0 saturated carbocycles. The van der Waals surface area contributed by atoms with E-state index in [2.05, 4.69) is 15.6 Å². The molecule has 3 N–H and O–H groups in total. The van der Waals surface area contributed by atoms with Gasteiger partial charge in [-0.05, 0) is 27.7 Å². The van der Waals surface area contributed by atoms with Gasteiger partial charge < -0.3 is 20.5 Å². The van der Waals surface area contributed by atoms with Gasteiger partial charge in [0.1, 0.15) is 11.6 Å². The molecule has 8 heteroatoms. The van der Waals surface area contributed by atoms with E-state index in [9.17, 15) is 14.7 Å². The summed E-state index contributed by atoms with van der Waals surface area (Å²) in [6.07, 6.45) is -0.762. The molecule has 0 fully saturated rings. The van der Waals surface area contributed by atoms with Crippen molar-refractivity contribution in [3.05, 3.63) is 11.1 Å². The fourth-order valence-electron chi connectivity index (χ4n) is 1.25. The molecule has 1 atom stereocenters. The maximum absolute atomic E-state index is 11.9. The first-order valence-electron chi connectivity index (χ1n) is 6.04. The summed E-state index contributed by atoms with van der Waals surface area (Å²) in [5, 5.41) is 16.2. The van der Waals surface area contributed by atoms with E-state index in [4.69, 9.17) is 4.74 Å². The number of amides is 2. The van der Waals surface area contributed by atoms with Crippen molar-refractivity contribution in [2.75, 3.05) is 11.9 Å². The zero-order chi connectivity index (χ0) is 15.3. The fraction of sp³-hybridized carbons (Fsp3) is 0.583. The number of aliphatic hydroxyl groups is 1. The molecule has 1 heterocycles. The number of aromatic nitrogens is 1. The van der Waals surface area contributed by atoms with Gasteiger partial charge >= 0.3 is 6.09 Å². The Bertz CT molecular complexity index is 481. The monoisotopic (exact) mass is 301 g/mol. The van der Waals surface area contributed by atoms with Gasteiger partial charge in [-0.15, -0.1) is 11.3 Å². The van der Waals surface area contributed by atoms with Gasteiger partial charge in [0.05, 0.1) is 12.3 Å². The Morgan fingerprint density at radius 1 is 1.50 bits per heavy atom. The first-order chi connectivity index (χ1) is 9.21. The average molecular weight is 301 g/mol. The molecule has 0 bridgehead atoms. The number of thiazole rings is 1. The first-order valence-corrected chi connectivity index (χ1v) is 6.92. The lowest BCUT2D eigenvalue weighted by atomic mass is 10.2. The second-order valence-corrected chi connectivity index (χ2v) is 6.02. The molecule has 20 heavy (non-hydrogen) atoms. The molecule has 0 aliphatic rings. The number of ether oxygens (including phenoxy) is 1. The highest BCUT2D eigenvalue weighted by Crippen LogP contribution is 2.14. The van der Waals surface area contributed by atoms with Crippen LogP contribution in [0.5, 0.6) is 0 Å². The Morgan fingerprint density at radius 2 is 2.15 bits per heavy atom. The Morgan fingerprint density at radius 3 is 2.60 bits per heavy atom. The summed E-state index contributed by atoms with van der Waals surface area (Å²) in [7, 11) is 0. The maximum Gasteiger partial charge on any atom is 0.408 e. The number of aryl methyl sites for hydroxylation is 1. The number of anilines is 1. The van der Waals surface area contributed by atoms with Gasteiger partial charge in [-0.25, -0.2) is 9.78 Å². The van der Waals surface area contributed by atoms with E-state index < -0.39 is 30.3 Å². The molecule has 0 aliphatic carbocycles. The number of nitrogens with one attached hydrogen (secondary N) is 2. The minimum atomic E-state index is -1.09. The fourth-order valence-corrected chi connectivity index (χ4v) is 1.94. The van der Waals surface area contributed by atoms with Crippen LogP contribution in [0.3, 0.4) is 0 Å². The number of aliphatic hydroxyl groups excluding tert-OH is 1. The Hall–Kier alpha value is -1.67. The van der Waals surface area contributed by atoms with Crippen LogP contribution in [0.2, 0.25) is 0 Å². The lowest BCUT2D eigenvalue weighted by Gasteiger charge is -2.22.